The van der Waals surface area contributed by atoms with Crippen LogP contribution in [0.25, 0.3) is 0 Å². The zero-order valence-electron chi connectivity index (χ0n) is 17.6. The van der Waals surface area contributed by atoms with Gasteiger partial charge in [-0.15, -0.1) is 0 Å². The molecule has 0 radical (unpaired) electrons. The molecule has 1 amide bonds. The molecule has 3 rings (SSSR count). The van der Waals surface area contributed by atoms with E-state index in [4.69, 9.17) is 19.9 Å². The molecule has 0 fully saturated rings. The summed E-state index contributed by atoms with van der Waals surface area (Å²) in [6, 6.07) is 6.94. The molecule has 1 aromatic carbocycles. The highest BCUT2D eigenvalue weighted by atomic mass is 16.5. The summed E-state index contributed by atoms with van der Waals surface area (Å²) in [5, 5.41) is 0. The van der Waals surface area contributed by atoms with Gasteiger partial charge in [-0.05, 0) is 26.3 Å². The van der Waals surface area contributed by atoms with Crippen LogP contribution in [0.3, 0.4) is 0 Å². The maximum atomic E-state index is 13.7. The number of carbonyl (C=O) groups excluding carboxylic acids is 3. The number of para-hydroxylation sites is 1. The molecule has 1 unspecified atom stereocenters. The second kappa shape index (κ2) is 8.22. The summed E-state index contributed by atoms with van der Waals surface area (Å²) in [6.45, 7) is 5.39. The highest BCUT2D eigenvalue weighted by molar-refractivity contribution is 6.22. The molecule has 2 N–H and O–H groups in total. The molecular formula is C22H26N2O6. The van der Waals surface area contributed by atoms with Crippen molar-refractivity contribution in [1.82, 2.24) is 0 Å². The molecule has 8 nitrogen and oxygen atoms in total. The van der Waals surface area contributed by atoms with E-state index in [2.05, 4.69) is 0 Å². The third-order valence-corrected chi connectivity index (χ3v) is 5.32. The summed E-state index contributed by atoms with van der Waals surface area (Å²) in [6.07, 6.45) is 1.47. The van der Waals surface area contributed by atoms with Crippen molar-refractivity contribution < 1.29 is 28.6 Å². The smallest absolute Gasteiger partial charge is 0.341 e. The van der Waals surface area contributed by atoms with Crippen LogP contribution in [0.5, 0.6) is 0 Å². The van der Waals surface area contributed by atoms with Gasteiger partial charge in [-0.1, -0.05) is 31.5 Å². The van der Waals surface area contributed by atoms with E-state index >= 15 is 0 Å². The lowest BCUT2D eigenvalue weighted by atomic mass is 9.67. The van der Waals surface area contributed by atoms with Crippen molar-refractivity contribution in [2.45, 2.75) is 39.0 Å². The number of allylic oxidation sites excluding steroid dienone is 1. The third-order valence-electron chi connectivity index (χ3n) is 5.32. The first kappa shape index (κ1) is 21.4. The number of carbonyl (C=O) groups is 3. The number of nitrogens with zero attached hydrogens (tertiary/aromatic N) is 1. The predicted octanol–water partition coefficient (Wildman–Crippen LogP) is 2.28. The molecule has 160 valence electrons. The largest absolute Gasteiger partial charge is 0.462 e. The number of hydrogen-bond donors (Lipinski definition) is 1. The molecule has 0 saturated heterocycles. The predicted molar refractivity (Wildman–Crippen MR) is 109 cm³/mol. The van der Waals surface area contributed by atoms with Crippen LogP contribution in [0.15, 0.2) is 47.1 Å². The summed E-state index contributed by atoms with van der Waals surface area (Å²) in [5.41, 5.74) is 5.08. The number of anilines is 1. The Morgan fingerprint density at radius 3 is 2.47 bits per heavy atom. The standard InChI is InChI=1S/C22H26N2O6/c1-5-7-12-29-20(26)17-18(23)30-13(3)16(19(25)28-6-2)22(17)14-10-8-9-11-15(14)24(4)21(22)27/h8-11H,5-7,12,23H2,1-4H3. The van der Waals surface area contributed by atoms with E-state index in [1.165, 1.54) is 11.8 Å². The number of hydrogen-bond acceptors (Lipinski definition) is 7. The van der Waals surface area contributed by atoms with Gasteiger partial charge in [0.2, 0.25) is 11.8 Å². The van der Waals surface area contributed by atoms with Gasteiger partial charge in [-0.25, -0.2) is 9.59 Å². The minimum Gasteiger partial charge on any atom is -0.462 e. The summed E-state index contributed by atoms with van der Waals surface area (Å²) in [4.78, 5) is 41.3. The van der Waals surface area contributed by atoms with Gasteiger partial charge in [-0.2, -0.15) is 0 Å². The fourth-order valence-corrected chi connectivity index (χ4v) is 4.02. The lowest BCUT2D eigenvalue weighted by Crippen LogP contribution is -2.50. The molecule has 0 bridgehead atoms. The van der Waals surface area contributed by atoms with E-state index in [0.717, 1.165) is 6.42 Å². The number of esters is 2. The Morgan fingerprint density at radius 1 is 1.13 bits per heavy atom. The van der Waals surface area contributed by atoms with Crippen LogP contribution in [-0.2, 0) is 34.0 Å². The van der Waals surface area contributed by atoms with Crippen LogP contribution < -0.4 is 10.6 Å². The monoisotopic (exact) mass is 414 g/mol. The van der Waals surface area contributed by atoms with Crippen molar-refractivity contribution >= 4 is 23.5 Å². The van der Waals surface area contributed by atoms with E-state index in [1.54, 1.807) is 38.2 Å². The quantitative estimate of drug-likeness (QED) is 0.562. The first-order chi connectivity index (χ1) is 14.3. The van der Waals surface area contributed by atoms with Crippen molar-refractivity contribution in [1.29, 1.82) is 0 Å². The Balaban J connectivity index is 2.30. The average Bonchev–Trinajstić information content (AvgIpc) is 2.91. The van der Waals surface area contributed by atoms with Gasteiger partial charge < -0.3 is 24.8 Å². The molecule has 0 saturated carbocycles. The van der Waals surface area contributed by atoms with Crippen LogP contribution in [0.4, 0.5) is 5.69 Å². The molecule has 2 aliphatic rings. The zero-order chi connectivity index (χ0) is 22.1. The Bertz CT molecular complexity index is 964. The maximum absolute atomic E-state index is 13.7. The molecule has 0 aliphatic carbocycles. The molecule has 30 heavy (non-hydrogen) atoms. The number of rotatable bonds is 6. The number of unbranched alkanes of at least 4 members (excludes halogenated alkanes) is 1. The summed E-state index contributed by atoms with van der Waals surface area (Å²) in [7, 11) is 1.58. The lowest BCUT2D eigenvalue weighted by molar-refractivity contribution is -0.143. The van der Waals surface area contributed by atoms with Gasteiger partial charge in [0, 0.05) is 18.3 Å². The number of fused-ring (bicyclic) bond motifs is 2. The number of likely N-dealkylation sites (N-methyl/N-ethyl adjacent to an activating group) is 1. The fraction of sp³-hybridized carbons (Fsp3) is 0.409. The number of ether oxygens (including phenoxy) is 3. The molecule has 1 spiro atoms. The molecular weight excluding hydrogens is 388 g/mol. The van der Waals surface area contributed by atoms with Crippen molar-refractivity contribution in [2.24, 2.45) is 5.73 Å². The van der Waals surface area contributed by atoms with E-state index < -0.39 is 23.3 Å². The summed E-state index contributed by atoms with van der Waals surface area (Å²) in [5.74, 6) is -2.21. The van der Waals surface area contributed by atoms with Gasteiger partial charge in [0.25, 0.3) is 0 Å². The second-order valence-electron chi connectivity index (χ2n) is 7.11. The van der Waals surface area contributed by atoms with Gasteiger partial charge in [0.05, 0.1) is 13.2 Å². The minimum atomic E-state index is -1.80. The van der Waals surface area contributed by atoms with Gasteiger partial charge in [-0.3, -0.25) is 4.79 Å². The van der Waals surface area contributed by atoms with Gasteiger partial charge in [0.1, 0.15) is 22.3 Å². The lowest BCUT2D eigenvalue weighted by Gasteiger charge is -2.36. The molecule has 0 aromatic heterocycles. The molecule has 2 aliphatic heterocycles. The van der Waals surface area contributed by atoms with E-state index in [1.807, 2.05) is 6.92 Å². The van der Waals surface area contributed by atoms with Crippen LogP contribution in [0.1, 0.15) is 39.2 Å². The van der Waals surface area contributed by atoms with Gasteiger partial charge in [0.15, 0.2) is 0 Å². The SMILES string of the molecule is CCCCOC(=O)C1=C(N)OC(C)=C(C(=O)OCC)C12C(=O)N(C)c1ccccc12. The highest BCUT2D eigenvalue weighted by Gasteiger charge is 2.63. The first-order valence-electron chi connectivity index (χ1n) is 9.93. The molecule has 1 aromatic rings. The van der Waals surface area contributed by atoms with Crippen molar-refractivity contribution in [3.05, 3.63) is 52.6 Å². The zero-order valence-corrected chi connectivity index (χ0v) is 17.6. The van der Waals surface area contributed by atoms with E-state index in [0.29, 0.717) is 17.7 Å². The van der Waals surface area contributed by atoms with Crippen molar-refractivity contribution in [3.63, 3.8) is 0 Å². The highest BCUT2D eigenvalue weighted by Crippen LogP contribution is 2.54. The Hall–Kier alpha value is -3.29. The third kappa shape index (κ3) is 3.03. The number of benzene rings is 1. The summed E-state index contributed by atoms with van der Waals surface area (Å²) >= 11 is 0. The summed E-state index contributed by atoms with van der Waals surface area (Å²) < 4.78 is 16.2. The number of nitrogens with two attached hydrogens (primary N) is 1. The number of amides is 1. The molecule has 8 heteroatoms. The molecule has 2 heterocycles. The fourth-order valence-electron chi connectivity index (χ4n) is 4.02. The topological polar surface area (TPSA) is 108 Å². The van der Waals surface area contributed by atoms with E-state index in [9.17, 15) is 14.4 Å². The average molecular weight is 414 g/mol. The van der Waals surface area contributed by atoms with Crippen molar-refractivity contribution in [2.75, 3.05) is 25.2 Å². The van der Waals surface area contributed by atoms with Crippen LogP contribution in [-0.4, -0.2) is 38.1 Å². The van der Waals surface area contributed by atoms with Crippen molar-refractivity contribution in [3.8, 4) is 0 Å². The minimum absolute atomic E-state index is 0.0669. The Morgan fingerprint density at radius 2 is 1.80 bits per heavy atom. The Kier molecular flexibility index (Phi) is 5.87. The van der Waals surface area contributed by atoms with Crippen LogP contribution >= 0.6 is 0 Å². The molecule has 1 atom stereocenters. The first-order valence-corrected chi connectivity index (χ1v) is 9.93. The van der Waals surface area contributed by atoms with Crippen LogP contribution in [0, 0.1) is 0 Å². The normalized spacial score (nSPS) is 20.4. The van der Waals surface area contributed by atoms with Gasteiger partial charge >= 0.3 is 11.9 Å². The van der Waals surface area contributed by atoms with E-state index in [-0.39, 0.29) is 36.0 Å². The maximum Gasteiger partial charge on any atom is 0.341 e. The second-order valence-corrected chi connectivity index (χ2v) is 7.11. The Labute approximate surface area is 175 Å². The van der Waals surface area contributed by atoms with Crippen LogP contribution in [0.2, 0.25) is 0 Å².